The van der Waals surface area contributed by atoms with Gasteiger partial charge in [0.2, 0.25) is 0 Å². The van der Waals surface area contributed by atoms with Crippen LogP contribution in [-0.4, -0.2) is 32.0 Å². The fraction of sp³-hybridized carbons (Fsp3) is 0.571. The highest BCUT2D eigenvalue weighted by atomic mass is 19.4. The van der Waals surface area contributed by atoms with Crippen molar-refractivity contribution in [2.45, 2.75) is 32.0 Å². The summed E-state index contributed by atoms with van der Waals surface area (Å²) >= 11 is 0. The average molecular weight is 311 g/mol. The molecule has 0 radical (unpaired) electrons. The number of halogens is 5. The Hall–Kier alpha value is -1.21. The molecule has 1 unspecified atom stereocenters. The average Bonchev–Trinajstić information content (AvgIpc) is 2.39. The Morgan fingerprint density at radius 1 is 1.24 bits per heavy atom. The molecule has 0 amide bonds. The summed E-state index contributed by atoms with van der Waals surface area (Å²) in [7, 11) is 0. The van der Waals surface area contributed by atoms with E-state index in [0.29, 0.717) is 6.54 Å². The van der Waals surface area contributed by atoms with Crippen LogP contribution < -0.4 is 5.32 Å². The predicted molar refractivity (Wildman–Crippen MR) is 69.0 cm³/mol. The fourth-order valence-electron chi connectivity index (χ4n) is 1.83. The number of hydrogen-bond donors (Lipinski definition) is 1. The summed E-state index contributed by atoms with van der Waals surface area (Å²) in [6, 6.07) is 3.25. The lowest BCUT2D eigenvalue weighted by Gasteiger charge is -2.19. The predicted octanol–water partition coefficient (Wildman–Crippen LogP) is 3.45. The van der Waals surface area contributed by atoms with Crippen molar-refractivity contribution < 1.29 is 26.7 Å². The van der Waals surface area contributed by atoms with Crippen molar-refractivity contribution in [3.63, 3.8) is 0 Å². The van der Waals surface area contributed by atoms with Crippen LogP contribution in [0.2, 0.25) is 0 Å². The van der Waals surface area contributed by atoms with Crippen molar-refractivity contribution >= 4 is 0 Å². The van der Waals surface area contributed by atoms with Crippen LogP contribution in [0.5, 0.6) is 0 Å². The van der Waals surface area contributed by atoms with Crippen LogP contribution >= 0.6 is 0 Å². The molecule has 0 aromatic heterocycles. The van der Waals surface area contributed by atoms with Crippen LogP contribution in [-0.2, 0) is 11.2 Å². The summed E-state index contributed by atoms with van der Waals surface area (Å²) < 4.78 is 67.4. The van der Waals surface area contributed by atoms with Crippen molar-refractivity contribution in [1.82, 2.24) is 5.32 Å². The molecule has 0 saturated heterocycles. The van der Waals surface area contributed by atoms with E-state index in [0.717, 1.165) is 12.5 Å². The number of benzene rings is 1. The highest BCUT2D eigenvalue weighted by Gasteiger charge is 2.28. The summed E-state index contributed by atoms with van der Waals surface area (Å²) in [5.74, 6) is -1.95. The van der Waals surface area contributed by atoms with E-state index < -0.39 is 30.5 Å². The third-order valence-corrected chi connectivity index (χ3v) is 2.77. The Bertz CT molecular complexity index is 436. The molecule has 0 aliphatic heterocycles. The molecular formula is C14H18F5NO. The van der Waals surface area contributed by atoms with E-state index in [1.807, 2.05) is 6.92 Å². The van der Waals surface area contributed by atoms with E-state index >= 15 is 0 Å². The van der Waals surface area contributed by atoms with Crippen LogP contribution in [0, 0.1) is 11.6 Å². The molecule has 1 aromatic carbocycles. The van der Waals surface area contributed by atoms with E-state index in [1.165, 1.54) is 12.1 Å². The normalized spacial score (nSPS) is 13.4. The minimum absolute atomic E-state index is 0.0570. The van der Waals surface area contributed by atoms with Crippen molar-refractivity contribution in [3.8, 4) is 0 Å². The lowest BCUT2D eigenvalue weighted by atomic mass is 10.1. The van der Waals surface area contributed by atoms with Gasteiger partial charge in [0, 0.05) is 6.04 Å². The second-order valence-corrected chi connectivity index (χ2v) is 4.70. The van der Waals surface area contributed by atoms with Gasteiger partial charge in [-0.05, 0) is 31.0 Å². The van der Waals surface area contributed by atoms with Gasteiger partial charge in [-0.15, -0.1) is 0 Å². The Kier molecular flexibility index (Phi) is 7.04. The Morgan fingerprint density at radius 2 is 1.95 bits per heavy atom. The van der Waals surface area contributed by atoms with Crippen LogP contribution in [0.25, 0.3) is 0 Å². The maximum absolute atomic E-state index is 13.6. The summed E-state index contributed by atoms with van der Waals surface area (Å²) in [6.07, 6.45) is -3.58. The summed E-state index contributed by atoms with van der Waals surface area (Å²) in [6.45, 7) is 0.860. The maximum atomic E-state index is 13.6. The highest BCUT2D eigenvalue weighted by molar-refractivity contribution is 5.20. The first kappa shape index (κ1) is 17.8. The monoisotopic (exact) mass is 311 g/mol. The van der Waals surface area contributed by atoms with Gasteiger partial charge in [0.05, 0.1) is 6.61 Å². The van der Waals surface area contributed by atoms with Gasteiger partial charge >= 0.3 is 6.18 Å². The zero-order valence-corrected chi connectivity index (χ0v) is 11.6. The van der Waals surface area contributed by atoms with Crippen molar-refractivity contribution in [3.05, 3.63) is 35.4 Å². The van der Waals surface area contributed by atoms with Gasteiger partial charge in [-0.3, -0.25) is 0 Å². The first-order valence-electron chi connectivity index (χ1n) is 6.64. The number of alkyl halides is 3. The largest absolute Gasteiger partial charge is 0.411 e. The zero-order chi connectivity index (χ0) is 15.9. The third-order valence-electron chi connectivity index (χ3n) is 2.77. The van der Waals surface area contributed by atoms with Gasteiger partial charge in [-0.2, -0.15) is 13.2 Å². The standard InChI is InChI=1S/C14H18F5NO/c1-2-6-20-11(8-21-9-14(17,18)19)7-10-4-3-5-12(15)13(10)16/h3-5,11,20H,2,6-9H2,1H3. The first-order chi connectivity index (χ1) is 9.83. The van der Waals surface area contributed by atoms with E-state index in [4.69, 9.17) is 0 Å². The van der Waals surface area contributed by atoms with Crippen LogP contribution in [0.4, 0.5) is 22.0 Å². The molecule has 21 heavy (non-hydrogen) atoms. The molecule has 0 aliphatic rings. The van der Waals surface area contributed by atoms with Crippen molar-refractivity contribution in [2.24, 2.45) is 0 Å². The number of rotatable bonds is 8. The van der Waals surface area contributed by atoms with Gasteiger partial charge < -0.3 is 10.1 Å². The summed E-state index contributed by atoms with van der Waals surface area (Å²) in [5.41, 5.74) is 0.110. The first-order valence-corrected chi connectivity index (χ1v) is 6.64. The van der Waals surface area contributed by atoms with Crippen LogP contribution in [0.1, 0.15) is 18.9 Å². The number of nitrogens with one attached hydrogen (secondary N) is 1. The summed E-state index contributed by atoms with van der Waals surface area (Å²) in [4.78, 5) is 0. The molecule has 1 N–H and O–H groups in total. The molecule has 1 aromatic rings. The molecular weight excluding hydrogens is 293 g/mol. The second kappa shape index (κ2) is 8.29. The molecule has 0 bridgehead atoms. The quantitative estimate of drug-likeness (QED) is 0.743. The molecule has 0 saturated carbocycles. The minimum atomic E-state index is -4.40. The summed E-state index contributed by atoms with van der Waals surface area (Å²) in [5, 5.41) is 2.97. The SMILES string of the molecule is CCCNC(COCC(F)(F)F)Cc1cccc(F)c1F. The van der Waals surface area contributed by atoms with Crippen molar-refractivity contribution in [2.75, 3.05) is 19.8 Å². The van der Waals surface area contributed by atoms with Crippen molar-refractivity contribution in [1.29, 1.82) is 0 Å². The van der Waals surface area contributed by atoms with Gasteiger partial charge in [-0.1, -0.05) is 19.1 Å². The topological polar surface area (TPSA) is 21.3 Å². The van der Waals surface area contributed by atoms with Gasteiger partial charge in [0.25, 0.3) is 0 Å². The Balaban J connectivity index is 2.62. The highest BCUT2D eigenvalue weighted by Crippen LogP contribution is 2.16. The Morgan fingerprint density at radius 3 is 2.57 bits per heavy atom. The lowest BCUT2D eigenvalue weighted by molar-refractivity contribution is -0.175. The number of ether oxygens (including phenoxy) is 1. The van der Waals surface area contributed by atoms with Crippen LogP contribution in [0.15, 0.2) is 18.2 Å². The van der Waals surface area contributed by atoms with E-state index in [9.17, 15) is 22.0 Å². The fourth-order valence-corrected chi connectivity index (χ4v) is 1.83. The third kappa shape index (κ3) is 6.86. The Labute approximate surface area is 120 Å². The molecule has 0 spiro atoms. The molecule has 2 nitrogen and oxygen atoms in total. The van der Waals surface area contributed by atoms with Gasteiger partial charge in [-0.25, -0.2) is 8.78 Å². The molecule has 0 heterocycles. The molecule has 120 valence electrons. The van der Waals surface area contributed by atoms with Gasteiger partial charge in [0.15, 0.2) is 11.6 Å². The number of hydrogen-bond acceptors (Lipinski definition) is 2. The molecule has 7 heteroatoms. The lowest BCUT2D eigenvalue weighted by Crippen LogP contribution is -2.37. The molecule has 1 atom stereocenters. The zero-order valence-electron chi connectivity index (χ0n) is 11.6. The van der Waals surface area contributed by atoms with E-state index in [1.54, 1.807) is 0 Å². The second-order valence-electron chi connectivity index (χ2n) is 4.70. The molecule has 0 fully saturated rings. The molecule has 1 rings (SSSR count). The smallest absolute Gasteiger partial charge is 0.370 e. The van der Waals surface area contributed by atoms with Crippen LogP contribution in [0.3, 0.4) is 0 Å². The maximum Gasteiger partial charge on any atom is 0.411 e. The van der Waals surface area contributed by atoms with Gasteiger partial charge in [0.1, 0.15) is 6.61 Å². The molecule has 0 aliphatic carbocycles. The van der Waals surface area contributed by atoms with E-state index in [2.05, 4.69) is 10.1 Å². The van der Waals surface area contributed by atoms with E-state index in [-0.39, 0.29) is 18.6 Å². The minimum Gasteiger partial charge on any atom is -0.370 e.